The monoisotopic (exact) mass is 391 g/mol. The Hall–Kier alpha value is -1.21. The number of fused-ring (bicyclic) bond motifs is 1. The molecule has 0 spiro atoms. The normalized spacial score (nSPS) is 18.8. The molecular formula is C20H25NO3S2. The predicted octanol–water partition coefficient (Wildman–Crippen LogP) is 4.00. The van der Waals surface area contributed by atoms with Crippen LogP contribution in [0.5, 0.6) is 0 Å². The van der Waals surface area contributed by atoms with Gasteiger partial charge in [0.15, 0.2) is 0 Å². The minimum atomic E-state index is -3.53. The Kier molecular flexibility index (Phi) is 5.45. The van der Waals surface area contributed by atoms with Gasteiger partial charge < -0.3 is 4.74 Å². The van der Waals surface area contributed by atoms with Crippen molar-refractivity contribution in [2.45, 2.75) is 56.0 Å². The average molecular weight is 392 g/mol. The number of aryl methyl sites for hydroxylation is 2. The molecule has 0 radical (unpaired) electrons. The summed E-state index contributed by atoms with van der Waals surface area (Å²) in [5, 5.41) is 2.00. The van der Waals surface area contributed by atoms with Crippen molar-refractivity contribution in [1.29, 1.82) is 0 Å². The summed E-state index contributed by atoms with van der Waals surface area (Å²) >= 11 is 1.61. The van der Waals surface area contributed by atoms with Crippen molar-refractivity contribution >= 4 is 21.4 Å². The minimum absolute atomic E-state index is 0.00637. The molecule has 26 heavy (non-hydrogen) atoms. The van der Waals surface area contributed by atoms with Crippen LogP contribution in [0.4, 0.5) is 0 Å². The van der Waals surface area contributed by atoms with Crippen LogP contribution in [0.2, 0.25) is 0 Å². The first-order chi connectivity index (χ1) is 12.6. The van der Waals surface area contributed by atoms with Crippen LogP contribution in [0.1, 0.15) is 41.7 Å². The molecule has 1 aliphatic carbocycles. The van der Waals surface area contributed by atoms with Crippen LogP contribution in [-0.4, -0.2) is 32.0 Å². The predicted molar refractivity (Wildman–Crippen MR) is 104 cm³/mol. The van der Waals surface area contributed by atoms with Crippen molar-refractivity contribution in [1.82, 2.24) is 4.31 Å². The Morgan fingerprint density at radius 1 is 1.08 bits per heavy atom. The number of sulfonamides is 1. The number of rotatable bonds is 5. The molecule has 0 amide bonds. The fourth-order valence-electron chi connectivity index (χ4n) is 3.95. The van der Waals surface area contributed by atoms with Crippen LogP contribution in [-0.2, 0) is 34.1 Å². The number of ether oxygens (including phenoxy) is 1. The second-order valence-electron chi connectivity index (χ2n) is 7.11. The molecule has 6 heteroatoms. The molecule has 1 saturated heterocycles. The van der Waals surface area contributed by atoms with Crippen LogP contribution < -0.4 is 0 Å². The van der Waals surface area contributed by atoms with Gasteiger partial charge in [-0.1, -0.05) is 12.1 Å². The quantitative estimate of drug-likeness (QED) is 0.774. The zero-order valence-corrected chi connectivity index (χ0v) is 16.5. The van der Waals surface area contributed by atoms with Gasteiger partial charge in [-0.2, -0.15) is 4.31 Å². The zero-order valence-electron chi connectivity index (χ0n) is 14.9. The highest BCUT2D eigenvalue weighted by atomic mass is 32.2. The number of benzene rings is 1. The summed E-state index contributed by atoms with van der Waals surface area (Å²) in [6.45, 7) is 1.71. The first kappa shape index (κ1) is 18.2. The van der Waals surface area contributed by atoms with E-state index in [0.717, 1.165) is 37.0 Å². The molecular weight excluding hydrogens is 366 g/mol. The van der Waals surface area contributed by atoms with E-state index < -0.39 is 10.0 Å². The molecule has 0 saturated carbocycles. The summed E-state index contributed by atoms with van der Waals surface area (Å²) in [7, 11) is -3.53. The number of hydrogen-bond acceptors (Lipinski definition) is 4. The number of thiophene rings is 1. The second kappa shape index (κ2) is 7.80. The van der Waals surface area contributed by atoms with Gasteiger partial charge in [-0.3, -0.25) is 0 Å². The van der Waals surface area contributed by atoms with E-state index in [1.807, 2.05) is 29.6 Å². The van der Waals surface area contributed by atoms with E-state index in [4.69, 9.17) is 4.74 Å². The maximum Gasteiger partial charge on any atom is 0.243 e. The van der Waals surface area contributed by atoms with E-state index in [0.29, 0.717) is 24.7 Å². The lowest BCUT2D eigenvalue weighted by atomic mass is 9.92. The van der Waals surface area contributed by atoms with Crippen LogP contribution in [0.3, 0.4) is 0 Å². The summed E-state index contributed by atoms with van der Waals surface area (Å²) in [6.07, 6.45) is 5.92. The minimum Gasteiger partial charge on any atom is -0.381 e. The molecule has 2 heterocycles. The molecule has 0 atom stereocenters. The highest BCUT2D eigenvalue weighted by Crippen LogP contribution is 2.30. The standard InChI is InChI=1S/C20H25NO3S2/c22-26(23,20-8-7-16-4-1-2-5-17(16)14-20)21(15-19-6-3-13-25-19)18-9-11-24-12-10-18/h3,6-8,13-14,18H,1-2,4-5,9-12,15H2. The lowest BCUT2D eigenvalue weighted by Gasteiger charge is -2.33. The maximum atomic E-state index is 13.5. The smallest absolute Gasteiger partial charge is 0.243 e. The van der Waals surface area contributed by atoms with Gasteiger partial charge in [-0.25, -0.2) is 8.42 Å². The number of nitrogens with zero attached hydrogens (tertiary/aromatic N) is 1. The maximum absolute atomic E-state index is 13.5. The van der Waals surface area contributed by atoms with E-state index in [-0.39, 0.29) is 6.04 Å². The van der Waals surface area contributed by atoms with Crippen molar-refractivity contribution in [3.8, 4) is 0 Å². The third kappa shape index (κ3) is 3.74. The van der Waals surface area contributed by atoms with Gasteiger partial charge in [0.25, 0.3) is 0 Å². The second-order valence-corrected chi connectivity index (χ2v) is 10.0. The van der Waals surface area contributed by atoms with Crippen LogP contribution in [0, 0.1) is 0 Å². The molecule has 140 valence electrons. The van der Waals surface area contributed by atoms with Crippen molar-refractivity contribution in [3.63, 3.8) is 0 Å². The van der Waals surface area contributed by atoms with Crippen molar-refractivity contribution < 1.29 is 13.2 Å². The molecule has 2 aromatic rings. The topological polar surface area (TPSA) is 46.6 Å². The fraction of sp³-hybridized carbons (Fsp3) is 0.500. The van der Waals surface area contributed by atoms with Crippen LogP contribution in [0.15, 0.2) is 40.6 Å². The highest BCUT2D eigenvalue weighted by molar-refractivity contribution is 7.89. The van der Waals surface area contributed by atoms with Crippen molar-refractivity contribution in [2.75, 3.05) is 13.2 Å². The Labute approximate surface area is 159 Å². The van der Waals surface area contributed by atoms with E-state index in [9.17, 15) is 8.42 Å². The Balaban J connectivity index is 1.68. The van der Waals surface area contributed by atoms with Gasteiger partial charge in [0.05, 0.1) is 4.90 Å². The zero-order chi connectivity index (χ0) is 18.0. The highest BCUT2D eigenvalue weighted by Gasteiger charge is 2.33. The van der Waals surface area contributed by atoms with Gasteiger partial charge in [-0.15, -0.1) is 11.3 Å². The Morgan fingerprint density at radius 2 is 1.85 bits per heavy atom. The molecule has 0 unspecified atom stereocenters. The molecule has 1 fully saturated rings. The summed E-state index contributed by atoms with van der Waals surface area (Å²) in [5.41, 5.74) is 2.52. The molecule has 0 bridgehead atoms. The molecule has 4 nitrogen and oxygen atoms in total. The average Bonchev–Trinajstić information content (AvgIpc) is 3.19. The lowest BCUT2D eigenvalue weighted by Crippen LogP contribution is -2.42. The third-order valence-corrected chi connectivity index (χ3v) is 8.17. The van der Waals surface area contributed by atoms with Gasteiger partial charge in [0.2, 0.25) is 10.0 Å². The first-order valence-electron chi connectivity index (χ1n) is 9.38. The van der Waals surface area contributed by atoms with Gasteiger partial charge in [0, 0.05) is 30.7 Å². The van der Waals surface area contributed by atoms with E-state index in [1.54, 1.807) is 21.7 Å². The van der Waals surface area contributed by atoms with Crippen molar-refractivity contribution in [3.05, 3.63) is 51.7 Å². The molecule has 1 aromatic heterocycles. The summed E-state index contributed by atoms with van der Waals surface area (Å²) < 4.78 is 34.2. The Morgan fingerprint density at radius 3 is 2.58 bits per heavy atom. The molecule has 4 rings (SSSR count). The summed E-state index contributed by atoms with van der Waals surface area (Å²) in [4.78, 5) is 1.53. The van der Waals surface area contributed by atoms with Gasteiger partial charge >= 0.3 is 0 Å². The SMILES string of the molecule is O=S(=O)(c1ccc2c(c1)CCCC2)N(Cc1cccs1)C1CCOCC1. The van der Waals surface area contributed by atoms with Crippen molar-refractivity contribution in [2.24, 2.45) is 0 Å². The van der Waals surface area contributed by atoms with E-state index in [1.165, 1.54) is 17.5 Å². The molecule has 2 aliphatic rings. The Bertz CT molecular complexity index is 840. The first-order valence-corrected chi connectivity index (χ1v) is 11.7. The molecule has 1 aliphatic heterocycles. The molecule has 0 N–H and O–H groups in total. The summed E-state index contributed by atoms with van der Waals surface area (Å²) in [5.74, 6) is 0. The van der Waals surface area contributed by atoms with Gasteiger partial charge in [0.1, 0.15) is 0 Å². The lowest BCUT2D eigenvalue weighted by molar-refractivity contribution is 0.0571. The van der Waals surface area contributed by atoms with E-state index in [2.05, 4.69) is 0 Å². The fourth-order valence-corrected chi connectivity index (χ4v) is 6.44. The molecule has 1 aromatic carbocycles. The third-order valence-electron chi connectivity index (χ3n) is 5.42. The van der Waals surface area contributed by atoms with Crippen LogP contribution in [0.25, 0.3) is 0 Å². The largest absolute Gasteiger partial charge is 0.381 e. The summed E-state index contributed by atoms with van der Waals surface area (Å²) in [6, 6.07) is 9.75. The van der Waals surface area contributed by atoms with Gasteiger partial charge in [-0.05, 0) is 73.2 Å². The van der Waals surface area contributed by atoms with Crippen LogP contribution >= 0.6 is 11.3 Å². The number of hydrogen-bond donors (Lipinski definition) is 0. The van der Waals surface area contributed by atoms with E-state index >= 15 is 0 Å².